The Bertz CT molecular complexity index is 290. The third-order valence-electron chi connectivity index (χ3n) is 4.09. The fourth-order valence-corrected chi connectivity index (χ4v) is 3.05. The average Bonchev–Trinajstić information content (AvgIpc) is 2.40. The van der Waals surface area contributed by atoms with Gasteiger partial charge in [0.1, 0.15) is 0 Å². The molecule has 18 heavy (non-hydrogen) atoms. The van der Waals surface area contributed by atoms with Gasteiger partial charge < -0.3 is 10.0 Å². The normalized spacial score (nSPS) is 24.7. The first-order valence-corrected chi connectivity index (χ1v) is 7.11. The van der Waals surface area contributed by atoms with Gasteiger partial charge in [-0.2, -0.15) is 0 Å². The van der Waals surface area contributed by atoms with Gasteiger partial charge in [0.25, 0.3) is 0 Å². The van der Waals surface area contributed by atoms with Crippen LogP contribution in [0.1, 0.15) is 32.1 Å². The van der Waals surface area contributed by atoms with E-state index in [1.165, 1.54) is 51.3 Å². The third-order valence-corrected chi connectivity index (χ3v) is 4.09. The zero-order valence-electron chi connectivity index (χ0n) is 11.1. The summed E-state index contributed by atoms with van der Waals surface area (Å²) in [5, 5.41) is 8.54. The predicted molar refractivity (Wildman–Crippen MR) is 71.7 cm³/mol. The molecule has 2 aliphatic rings. The Labute approximate surface area is 109 Å². The van der Waals surface area contributed by atoms with E-state index in [9.17, 15) is 4.79 Å². The number of likely N-dealkylation sites (tertiary alicyclic amines) is 2. The second-order valence-electron chi connectivity index (χ2n) is 5.37. The van der Waals surface area contributed by atoms with E-state index in [0.29, 0.717) is 0 Å². The monoisotopic (exact) mass is 252 g/mol. The van der Waals surface area contributed by atoms with E-state index in [2.05, 4.69) is 9.80 Å². The Hall–Kier alpha value is -0.870. The summed E-state index contributed by atoms with van der Waals surface area (Å²) in [6.45, 7) is 5.54. The molecule has 1 N–H and O–H groups in total. The Kier molecular flexibility index (Phi) is 5.20. The SMILES string of the molecule is O=C(O)/C=C/CN1CCC(N2CCCCC2)CC1. The summed E-state index contributed by atoms with van der Waals surface area (Å²) in [6.07, 6.45) is 9.60. The summed E-state index contributed by atoms with van der Waals surface area (Å²) in [5.74, 6) is -0.849. The molecule has 0 aliphatic carbocycles. The molecule has 0 spiro atoms. The number of rotatable bonds is 4. The van der Waals surface area contributed by atoms with Crippen LogP contribution in [0.4, 0.5) is 0 Å². The maximum atomic E-state index is 10.4. The third kappa shape index (κ3) is 4.10. The van der Waals surface area contributed by atoms with Crippen molar-refractivity contribution in [2.75, 3.05) is 32.7 Å². The highest BCUT2D eigenvalue weighted by molar-refractivity contribution is 5.79. The van der Waals surface area contributed by atoms with Crippen LogP contribution in [0.2, 0.25) is 0 Å². The summed E-state index contributed by atoms with van der Waals surface area (Å²) in [6, 6.07) is 0.769. The van der Waals surface area contributed by atoms with E-state index < -0.39 is 5.97 Å². The molecule has 0 aromatic rings. The number of hydrogen-bond acceptors (Lipinski definition) is 3. The van der Waals surface area contributed by atoms with Crippen LogP contribution in [0.5, 0.6) is 0 Å². The Balaban J connectivity index is 1.69. The molecule has 4 heteroatoms. The first-order valence-electron chi connectivity index (χ1n) is 7.11. The van der Waals surface area contributed by atoms with Crippen LogP contribution >= 0.6 is 0 Å². The fourth-order valence-electron chi connectivity index (χ4n) is 3.05. The molecule has 2 fully saturated rings. The highest BCUT2D eigenvalue weighted by Gasteiger charge is 2.24. The van der Waals surface area contributed by atoms with Gasteiger partial charge in [-0.25, -0.2) is 4.79 Å². The maximum absolute atomic E-state index is 10.4. The lowest BCUT2D eigenvalue weighted by molar-refractivity contribution is -0.131. The molecule has 2 aliphatic heterocycles. The summed E-state index contributed by atoms with van der Waals surface area (Å²) in [4.78, 5) is 15.4. The van der Waals surface area contributed by atoms with Crippen molar-refractivity contribution in [2.24, 2.45) is 0 Å². The Morgan fingerprint density at radius 2 is 1.78 bits per heavy atom. The minimum atomic E-state index is -0.849. The number of carboxylic acid groups (broad SMARTS) is 1. The first kappa shape index (κ1) is 13.6. The Morgan fingerprint density at radius 3 is 2.39 bits per heavy atom. The largest absolute Gasteiger partial charge is 0.478 e. The van der Waals surface area contributed by atoms with Gasteiger partial charge in [0.05, 0.1) is 0 Å². The van der Waals surface area contributed by atoms with Gasteiger partial charge in [-0.15, -0.1) is 0 Å². The van der Waals surface area contributed by atoms with Gasteiger partial charge >= 0.3 is 5.97 Å². The van der Waals surface area contributed by atoms with Gasteiger partial charge in [-0.05, 0) is 51.9 Å². The molecule has 102 valence electrons. The Morgan fingerprint density at radius 1 is 1.11 bits per heavy atom. The molecule has 2 saturated heterocycles. The van der Waals surface area contributed by atoms with Crippen molar-refractivity contribution in [1.29, 1.82) is 0 Å². The summed E-state index contributed by atoms with van der Waals surface area (Å²) in [7, 11) is 0. The number of aliphatic carboxylic acids is 1. The van der Waals surface area contributed by atoms with E-state index in [1.807, 2.05) is 0 Å². The second kappa shape index (κ2) is 6.90. The lowest BCUT2D eigenvalue weighted by Gasteiger charge is -2.40. The van der Waals surface area contributed by atoms with Gasteiger partial charge in [0.15, 0.2) is 0 Å². The topological polar surface area (TPSA) is 43.8 Å². The molecule has 4 nitrogen and oxygen atoms in total. The molecule has 0 atom stereocenters. The number of carboxylic acids is 1. The van der Waals surface area contributed by atoms with Gasteiger partial charge in [-0.3, -0.25) is 4.90 Å². The van der Waals surface area contributed by atoms with Crippen LogP contribution in [0, 0.1) is 0 Å². The fraction of sp³-hybridized carbons (Fsp3) is 0.786. The summed E-state index contributed by atoms with van der Waals surface area (Å²) in [5.41, 5.74) is 0. The molecule has 0 amide bonds. The van der Waals surface area contributed by atoms with Crippen molar-refractivity contribution in [3.8, 4) is 0 Å². The van der Waals surface area contributed by atoms with E-state index >= 15 is 0 Å². The molecule has 0 bridgehead atoms. The van der Waals surface area contributed by atoms with Crippen LogP contribution in [-0.4, -0.2) is 59.6 Å². The zero-order valence-corrected chi connectivity index (χ0v) is 11.1. The highest BCUT2D eigenvalue weighted by Crippen LogP contribution is 2.20. The van der Waals surface area contributed by atoms with Crippen molar-refractivity contribution < 1.29 is 9.90 Å². The van der Waals surface area contributed by atoms with Crippen molar-refractivity contribution in [1.82, 2.24) is 9.80 Å². The van der Waals surface area contributed by atoms with Crippen LogP contribution < -0.4 is 0 Å². The van der Waals surface area contributed by atoms with E-state index in [-0.39, 0.29) is 0 Å². The van der Waals surface area contributed by atoms with Crippen molar-refractivity contribution in [3.05, 3.63) is 12.2 Å². The van der Waals surface area contributed by atoms with Gasteiger partial charge in [-0.1, -0.05) is 12.5 Å². The minimum absolute atomic E-state index is 0.769. The molecule has 0 radical (unpaired) electrons. The number of carbonyl (C=O) groups is 1. The summed E-state index contributed by atoms with van der Waals surface area (Å²) >= 11 is 0. The number of piperidine rings is 2. The van der Waals surface area contributed by atoms with Crippen molar-refractivity contribution >= 4 is 5.97 Å². The molecule has 0 saturated carbocycles. The number of hydrogen-bond donors (Lipinski definition) is 1. The van der Waals surface area contributed by atoms with E-state index in [4.69, 9.17) is 5.11 Å². The predicted octanol–water partition coefficient (Wildman–Crippen LogP) is 1.58. The quantitative estimate of drug-likeness (QED) is 0.772. The standard InChI is InChI=1S/C14H24N2O2/c17-14(18)5-4-8-15-11-6-13(7-12-15)16-9-2-1-3-10-16/h4-5,13H,1-3,6-12H2,(H,17,18)/b5-4+. The van der Waals surface area contributed by atoms with E-state index in [1.54, 1.807) is 6.08 Å². The molecular weight excluding hydrogens is 228 g/mol. The molecule has 2 heterocycles. The molecule has 0 unspecified atom stereocenters. The van der Waals surface area contributed by atoms with Crippen molar-refractivity contribution in [3.63, 3.8) is 0 Å². The maximum Gasteiger partial charge on any atom is 0.328 e. The molecule has 0 aromatic heterocycles. The van der Waals surface area contributed by atoms with Gasteiger partial charge in [0, 0.05) is 18.7 Å². The number of nitrogens with zero attached hydrogens (tertiary/aromatic N) is 2. The smallest absolute Gasteiger partial charge is 0.328 e. The molecular formula is C14H24N2O2. The van der Waals surface area contributed by atoms with Crippen LogP contribution in [-0.2, 0) is 4.79 Å². The lowest BCUT2D eigenvalue weighted by atomic mass is 10.00. The van der Waals surface area contributed by atoms with Crippen molar-refractivity contribution in [2.45, 2.75) is 38.1 Å². The molecule has 2 rings (SSSR count). The zero-order chi connectivity index (χ0) is 12.8. The highest BCUT2D eigenvalue weighted by atomic mass is 16.4. The van der Waals surface area contributed by atoms with Crippen LogP contribution in [0.3, 0.4) is 0 Å². The summed E-state index contributed by atoms with van der Waals surface area (Å²) < 4.78 is 0. The lowest BCUT2D eigenvalue weighted by Crippen LogP contribution is -2.46. The average molecular weight is 252 g/mol. The van der Waals surface area contributed by atoms with Crippen LogP contribution in [0.25, 0.3) is 0 Å². The second-order valence-corrected chi connectivity index (χ2v) is 5.37. The first-order chi connectivity index (χ1) is 8.75. The minimum Gasteiger partial charge on any atom is -0.478 e. The molecule has 0 aromatic carbocycles. The van der Waals surface area contributed by atoms with E-state index in [0.717, 1.165) is 25.7 Å². The van der Waals surface area contributed by atoms with Crippen LogP contribution in [0.15, 0.2) is 12.2 Å². The van der Waals surface area contributed by atoms with Gasteiger partial charge in [0.2, 0.25) is 0 Å².